The Kier molecular flexibility index (Phi) is 10.2. The van der Waals surface area contributed by atoms with E-state index in [1.165, 1.54) is 0 Å². The van der Waals surface area contributed by atoms with E-state index < -0.39 is 0 Å². The van der Waals surface area contributed by atoms with Gasteiger partial charge in [0, 0.05) is 5.56 Å². The molecular weight excluding hydrogens is 434 g/mol. The summed E-state index contributed by atoms with van der Waals surface area (Å²) in [6, 6.07) is 23.9. The third-order valence-electron chi connectivity index (χ3n) is 5.85. The molecule has 0 radical (unpaired) electrons. The number of benzene rings is 3. The molecule has 0 aliphatic rings. The Labute approximate surface area is 210 Å². The fourth-order valence-corrected chi connectivity index (χ4v) is 4.10. The average molecular weight is 474 g/mol. The van der Waals surface area contributed by atoms with Crippen molar-refractivity contribution in [1.82, 2.24) is 5.32 Å². The second-order valence-corrected chi connectivity index (χ2v) is 9.42. The molecule has 0 fully saturated rings. The standard InChI is InChI=1S/C31H39NO3/c1-5-10-25-14-13-24(22-35-27-11-8-7-9-12-27)21-29(25)31(33)32-30(20-23(3)4)26-15-17-28(18-16-26)34-19-6-2/h7-9,11-18,21,23,30H,5-6,10,19-20,22H2,1-4H3,(H,32,33). The first-order chi connectivity index (χ1) is 17.0. The lowest BCUT2D eigenvalue weighted by atomic mass is 9.95. The summed E-state index contributed by atoms with van der Waals surface area (Å²) >= 11 is 0. The van der Waals surface area contributed by atoms with Crippen LogP contribution in [0.4, 0.5) is 0 Å². The molecule has 4 nitrogen and oxygen atoms in total. The van der Waals surface area contributed by atoms with Gasteiger partial charge in [-0.15, -0.1) is 0 Å². The molecule has 1 amide bonds. The molecule has 1 atom stereocenters. The summed E-state index contributed by atoms with van der Waals surface area (Å²) in [5, 5.41) is 3.32. The molecule has 1 unspecified atom stereocenters. The lowest BCUT2D eigenvalue weighted by molar-refractivity contribution is 0.0931. The summed E-state index contributed by atoms with van der Waals surface area (Å²) in [6.07, 6.45) is 3.68. The van der Waals surface area contributed by atoms with Gasteiger partial charge >= 0.3 is 0 Å². The van der Waals surface area contributed by atoms with Crippen molar-refractivity contribution >= 4 is 5.91 Å². The van der Waals surface area contributed by atoms with Crippen molar-refractivity contribution in [2.75, 3.05) is 6.61 Å². The topological polar surface area (TPSA) is 47.6 Å². The van der Waals surface area contributed by atoms with Crippen molar-refractivity contribution in [2.45, 2.75) is 66.0 Å². The number of aryl methyl sites for hydroxylation is 1. The van der Waals surface area contributed by atoms with Crippen molar-refractivity contribution in [3.8, 4) is 11.5 Å². The summed E-state index contributed by atoms with van der Waals surface area (Å²) in [4.78, 5) is 13.6. The average Bonchev–Trinajstić information content (AvgIpc) is 2.87. The highest BCUT2D eigenvalue weighted by atomic mass is 16.5. The maximum atomic E-state index is 13.6. The van der Waals surface area contributed by atoms with Crippen LogP contribution >= 0.6 is 0 Å². The second-order valence-electron chi connectivity index (χ2n) is 9.42. The van der Waals surface area contributed by atoms with E-state index in [1.54, 1.807) is 0 Å². The van der Waals surface area contributed by atoms with E-state index in [1.807, 2.05) is 48.5 Å². The molecule has 0 aromatic heterocycles. The molecule has 0 bridgehead atoms. The third kappa shape index (κ3) is 8.17. The van der Waals surface area contributed by atoms with E-state index >= 15 is 0 Å². The highest BCUT2D eigenvalue weighted by Crippen LogP contribution is 2.25. The van der Waals surface area contributed by atoms with Crippen LogP contribution in [0.25, 0.3) is 0 Å². The van der Waals surface area contributed by atoms with Gasteiger partial charge in [0.15, 0.2) is 0 Å². The van der Waals surface area contributed by atoms with E-state index in [-0.39, 0.29) is 11.9 Å². The monoisotopic (exact) mass is 473 g/mol. The maximum absolute atomic E-state index is 13.6. The first-order valence-corrected chi connectivity index (χ1v) is 12.8. The Bertz CT molecular complexity index is 1040. The first-order valence-electron chi connectivity index (χ1n) is 12.8. The molecule has 4 heteroatoms. The lowest BCUT2D eigenvalue weighted by Gasteiger charge is -2.22. The van der Waals surface area contributed by atoms with Gasteiger partial charge in [0.25, 0.3) is 5.91 Å². The molecule has 0 heterocycles. The minimum absolute atomic E-state index is 0.0352. The first kappa shape index (κ1) is 26.3. The van der Waals surface area contributed by atoms with Crippen LogP contribution in [0.3, 0.4) is 0 Å². The Morgan fingerprint density at radius 3 is 2.23 bits per heavy atom. The largest absolute Gasteiger partial charge is 0.494 e. The van der Waals surface area contributed by atoms with Crippen molar-refractivity contribution in [2.24, 2.45) is 5.92 Å². The van der Waals surface area contributed by atoms with Crippen LogP contribution in [0.5, 0.6) is 11.5 Å². The summed E-state index contributed by atoms with van der Waals surface area (Å²) < 4.78 is 11.7. The highest BCUT2D eigenvalue weighted by Gasteiger charge is 2.20. The molecule has 35 heavy (non-hydrogen) atoms. The van der Waals surface area contributed by atoms with Gasteiger partial charge in [0.2, 0.25) is 0 Å². The molecule has 0 aliphatic carbocycles. The zero-order valence-electron chi connectivity index (χ0n) is 21.6. The summed E-state index contributed by atoms with van der Waals surface area (Å²) in [5.74, 6) is 2.09. The highest BCUT2D eigenvalue weighted by molar-refractivity contribution is 5.96. The van der Waals surface area contributed by atoms with Gasteiger partial charge in [0.1, 0.15) is 18.1 Å². The fraction of sp³-hybridized carbons (Fsp3) is 0.387. The Hall–Kier alpha value is -3.27. The number of para-hydroxylation sites is 1. The van der Waals surface area contributed by atoms with Crippen LogP contribution in [0.2, 0.25) is 0 Å². The number of ether oxygens (including phenoxy) is 2. The number of amides is 1. The predicted octanol–water partition coefficient (Wildman–Crippen LogP) is 7.52. The zero-order chi connectivity index (χ0) is 25.0. The van der Waals surface area contributed by atoms with E-state index in [0.717, 1.165) is 59.4 Å². The molecule has 3 aromatic carbocycles. The van der Waals surface area contributed by atoms with Gasteiger partial charge in [0.05, 0.1) is 12.6 Å². The minimum atomic E-state index is -0.0681. The van der Waals surface area contributed by atoms with Gasteiger partial charge < -0.3 is 14.8 Å². The van der Waals surface area contributed by atoms with Crippen LogP contribution in [0.15, 0.2) is 72.8 Å². The Morgan fingerprint density at radius 1 is 0.857 bits per heavy atom. The van der Waals surface area contributed by atoms with Gasteiger partial charge in [-0.05, 0) is 72.2 Å². The molecule has 3 rings (SSSR count). The Balaban J connectivity index is 1.79. The second kappa shape index (κ2) is 13.6. The zero-order valence-corrected chi connectivity index (χ0v) is 21.6. The van der Waals surface area contributed by atoms with Crippen molar-refractivity contribution in [3.05, 3.63) is 95.1 Å². The number of rotatable bonds is 13. The Morgan fingerprint density at radius 2 is 1.57 bits per heavy atom. The van der Waals surface area contributed by atoms with Crippen LogP contribution in [0.1, 0.15) is 80.0 Å². The number of nitrogens with one attached hydrogen (secondary N) is 1. The summed E-state index contributed by atoms with van der Waals surface area (Å²) in [7, 11) is 0. The van der Waals surface area contributed by atoms with E-state index in [4.69, 9.17) is 9.47 Å². The molecule has 0 saturated heterocycles. The summed E-state index contributed by atoms with van der Waals surface area (Å²) in [5.41, 5.74) is 3.88. The maximum Gasteiger partial charge on any atom is 0.252 e. The lowest BCUT2D eigenvalue weighted by Crippen LogP contribution is -2.30. The van der Waals surface area contributed by atoms with Crippen molar-refractivity contribution < 1.29 is 14.3 Å². The van der Waals surface area contributed by atoms with Gasteiger partial charge in [-0.3, -0.25) is 4.79 Å². The van der Waals surface area contributed by atoms with Crippen LogP contribution in [0, 0.1) is 5.92 Å². The molecule has 3 aromatic rings. The molecule has 0 saturated carbocycles. The van der Waals surface area contributed by atoms with Gasteiger partial charge in [-0.25, -0.2) is 0 Å². The van der Waals surface area contributed by atoms with Crippen LogP contribution in [-0.2, 0) is 13.0 Å². The molecule has 0 spiro atoms. The number of carbonyl (C=O) groups is 1. The molecule has 1 N–H and O–H groups in total. The normalized spacial score (nSPS) is 11.8. The SMILES string of the molecule is CCCOc1ccc(C(CC(C)C)NC(=O)c2cc(COc3ccccc3)ccc2CCC)cc1. The van der Waals surface area contributed by atoms with Gasteiger partial charge in [-0.2, -0.15) is 0 Å². The molecule has 186 valence electrons. The van der Waals surface area contributed by atoms with E-state index in [0.29, 0.717) is 19.1 Å². The van der Waals surface area contributed by atoms with Crippen molar-refractivity contribution in [3.63, 3.8) is 0 Å². The number of hydrogen-bond donors (Lipinski definition) is 1. The van der Waals surface area contributed by atoms with E-state index in [9.17, 15) is 4.79 Å². The summed E-state index contributed by atoms with van der Waals surface area (Å²) in [6.45, 7) is 9.72. The number of hydrogen-bond acceptors (Lipinski definition) is 3. The van der Waals surface area contributed by atoms with Gasteiger partial charge in [-0.1, -0.05) is 76.6 Å². The molecule has 0 aliphatic heterocycles. The van der Waals surface area contributed by atoms with Crippen LogP contribution < -0.4 is 14.8 Å². The quantitative estimate of drug-likeness (QED) is 0.279. The number of carbonyl (C=O) groups excluding carboxylic acids is 1. The third-order valence-corrected chi connectivity index (χ3v) is 5.85. The predicted molar refractivity (Wildman–Crippen MR) is 143 cm³/mol. The smallest absolute Gasteiger partial charge is 0.252 e. The molecular formula is C31H39NO3. The van der Waals surface area contributed by atoms with Crippen molar-refractivity contribution in [1.29, 1.82) is 0 Å². The van der Waals surface area contributed by atoms with E-state index in [2.05, 4.69) is 57.3 Å². The minimum Gasteiger partial charge on any atom is -0.494 e. The fourth-order valence-electron chi connectivity index (χ4n) is 4.10. The van der Waals surface area contributed by atoms with Crippen LogP contribution in [-0.4, -0.2) is 12.5 Å².